The molecule has 0 saturated carbocycles. The summed E-state index contributed by atoms with van der Waals surface area (Å²) in [6, 6.07) is 5.11. The number of nitrogens with one attached hydrogen (secondary N) is 1. The molecule has 1 aromatic carbocycles. The topological polar surface area (TPSA) is 23.8 Å². The molecule has 1 rings (SSSR count). The van der Waals surface area contributed by atoms with E-state index >= 15 is 0 Å². The zero-order valence-electron chi connectivity index (χ0n) is 5.30. The van der Waals surface area contributed by atoms with Crippen molar-refractivity contribution in [3.8, 4) is 0 Å². The van der Waals surface area contributed by atoms with Crippen LogP contribution in [0.5, 0.6) is 0 Å². The van der Waals surface area contributed by atoms with Crippen LogP contribution in [-0.4, -0.2) is 0 Å². The second kappa shape index (κ2) is 5.45. The van der Waals surface area contributed by atoms with Gasteiger partial charge in [-0.25, -0.2) is 0 Å². The van der Waals surface area contributed by atoms with Gasteiger partial charge < -0.3 is 5.14 Å². The molecule has 0 aromatic heterocycles. The summed E-state index contributed by atoms with van der Waals surface area (Å²) in [5.41, 5.74) is 0. The molecule has 60 valence electrons. The maximum absolute atomic E-state index is 6.93. The van der Waals surface area contributed by atoms with E-state index in [1.165, 1.54) is 0 Å². The van der Waals surface area contributed by atoms with Crippen molar-refractivity contribution in [1.82, 2.24) is 0 Å². The Morgan fingerprint density at radius 3 is 2.27 bits per heavy atom. The summed E-state index contributed by atoms with van der Waals surface area (Å²) in [6.45, 7) is 0. The fourth-order valence-electron chi connectivity index (χ4n) is 0.540. The van der Waals surface area contributed by atoms with Gasteiger partial charge in [-0.2, -0.15) is 0 Å². The maximum Gasteiger partial charge on any atom is 0.0602 e. The SMILES string of the molecule is [NH-]Sc1ccc(Cl)c(Cl)c1.[W]. The Morgan fingerprint density at radius 2 is 1.82 bits per heavy atom. The second-order valence-electron chi connectivity index (χ2n) is 1.68. The molecule has 1 nitrogen and oxygen atoms in total. The standard InChI is InChI=1S/C6H4Cl2NS.W/c7-5-2-1-4(10-9)3-6(5)8;/h1-3,9H;/q-1;. The van der Waals surface area contributed by atoms with Crippen LogP contribution < -0.4 is 0 Å². The van der Waals surface area contributed by atoms with E-state index in [2.05, 4.69) is 0 Å². The van der Waals surface area contributed by atoms with E-state index in [1.807, 2.05) is 0 Å². The van der Waals surface area contributed by atoms with Crippen LogP contribution in [0.15, 0.2) is 23.1 Å². The minimum Gasteiger partial charge on any atom is -0.617 e. The Hall–Kier alpha value is 0.798. The average molecular weight is 377 g/mol. The van der Waals surface area contributed by atoms with Crippen molar-refractivity contribution in [2.75, 3.05) is 0 Å². The molecule has 0 heterocycles. The third-order valence-electron chi connectivity index (χ3n) is 1.01. The molecule has 5 heteroatoms. The van der Waals surface area contributed by atoms with Crippen LogP contribution in [0.1, 0.15) is 0 Å². The summed E-state index contributed by atoms with van der Waals surface area (Å²) in [4.78, 5) is 0.800. The first-order valence-corrected chi connectivity index (χ1v) is 4.10. The van der Waals surface area contributed by atoms with E-state index in [1.54, 1.807) is 18.2 Å². The Bertz CT molecular complexity index is 244. The number of rotatable bonds is 1. The smallest absolute Gasteiger partial charge is 0.0602 e. The van der Waals surface area contributed by atoms with Gasteiger partial charge in [0.2, 0.25) is 0 Å². The molecular formula is C6H4Cl2NSW-. The normalized spacial score (nSPS) is 9.00. The molecule has 0 spiro atoms. The molecule has 0 radical (unpaired) electrons. The second-order valence-corrected chi connectivity index (χ2v) is 3.17. The summed E-state index contributed by atoms with van der Waals surface area (Å²) in [6.07, 6.45) is 0. The van der Waals surface area contributed by atoms with E-state index < -0.39 is 0 Å². The van der Waals surface area contributed by atoms with Crippen molar-refractivity contribution in [3.63, 3.8) is 0 Å². The molecule has 0 bridgehead atoms. The summed E-state index contributed by atoms with van der Waals surface area (Å²) >= 11 is 12.2. The zero-order chi connectivity index (χ0) is 7.56. The fourth-order valence-corrected chi connectivity index (χ4v) is 1.22. The average Bonchev–Trinajstić information content (AvgIpc) is 1.95. The van der Waals surface area contributed by atoms with Crippen LogP contribution in [-0.2, 0) is 21.1 Å². The van der Waals surface area contributed by atoms with Crippen molar-refractivity contribution in [1.29, 1.82) is 0 Å². The third kappa shape index (κ3) is 3.35. The Balaban J connectivity index is 0.000001000. The molecule has 1 aromatic rings. The molecule has 0 atom stereocenters. The van der Waals surface area contributed by atoms with Gasteiger partial charge in [0.15, 0.2) is 0 Å². The van der Waals surface area contributed by atoms with Crippen molar-refractivity contribution in [2.24, 2.45) is 0 Å². The quantitative estimate of drug-likeness (QED) is 0.678. The van der Waals surface area contributed by atoms with E-state index in [-0.39, 0.29) is 21.1 Å². The summed E-state index contributed by atoms with van der Waals surface area (Å²) in [7, 11) is 0. The number of hydrogen-bond donors (Lipinski definition) is 0. The van der Waals surface area contributed by atoms with Gasteiger partial charge in [0, 0.05) is 21.1 Å². The van der Waals surface area contributed by atoms with Crippen LogP contribution >= 0.6 is 35.1 Å². The third-order valence-corrected chi connectivity index (χ3v) is 2.24. The minimum atomic E-state index is 0. The maximum atomic E-state index is 6.93. The summed E-state index contributed by atoms with van der Waals surface area (Å²) < 4.78 is 0. The van der Waals surface area contributed by atoms with Crippen molar-refractivity contribution in [3.05, 3.63) is 33.4 Å². The number of halogens is 2. The first-order valence-electron chi connectivity index (χ1n) is 2.52. The number of benzene rings is 1. The van der Waals surface area contributed by atoms with Gasteiger partial charge in [0.1, 0.15) is 0 Å². The van der Waals surface area contributed by atoms with E-state index in [0.29, 0.717) is 10.0 Å². The Morgan fingerprint density at radius 1 is 1.18 bits per heavy atom. The molecule has 0 aliphatic heterocycles. The van der Waals surface area contributed by atoms with Gasteiger partial charge in [0.25, 0.3) is 0 Å². The number of hydrogen-bond acceptors (Lipinski definition) is 1. The monoisotopic (exact) mass is 376 g/mol. The molecule has 0 amide bonds. The minimum absolute atomic E-state index is 0. The molecule has 0 aliphatic carbocycles. The van der Waals surface area contributed by atoms with Crippen molar-refractivity contribution in [2.45, 2.75) is 4.90 Å². The van der Waals surface area contributed by atoms with Gasteiger partial charge >= 0.3 is 0 Å². The largest absolute Gasteiger partial charge is 0.617 e. The predicted octanol–water partition coefficient (Wildman–Crippen LogP) is 4.05. The van der Waals surface area contributed by atoms with E-state index in [0.717, 1.165) is 16.8 Å². The van der Waals surface area contributed by atoms with Crippen LogP contribution in [0.25, 0.3) is 5.14 Å². The van der Waals surface area contributed by atoms with Crippen molar-refractivity contribution < 1.29 is 21.1 Å². The molecule has 11 heavy (non-hydrogen) atoms. The van der Waals surface area contributed by atoms with Gasteiger partial charge in [-0.3, -0.25) is 11.9 Å². The first kappa shape index (κ1) is 11.8. The van der Waals surface area contributed by atoms with E-state index in [4.69, 9.17) is 28.3 Å². The van der Waals surface area contributed by atoms with Crippen molar-refractivity contribution >= 4 is 35.1 Å². The van der Waals surface area contributed by atoms with Gasteiger partial charge in [-0.1, -0.05) is 23.2 Å². The molecular weight excluding hydrogens is 373 g/mol. The zero-order valence-corrected chi connectivity index (χ0v) is 10.6. The first-order chi connectivity index (χ1) is 4.74. The predicted molar refractivity (Wildman–Crippen MR) is 46.6 cm³/mol. The molecule has 0 aliphatic rings. The summed E-state index contributed by atoms with van der Waals surface area (Å²) in [5.74, 6) is 0. The molecule has 0 saturated heterocycles. The Labute approximate surface area is 94.0 Å². The van der Waals surface area contributed by atoms with Crippen LogP contribution in [0.3, 0.4) is 0 Å². The Kier molecular flexibility index (Phi) is 5.84. The van der Waals surface area contributed by atoms with Crippen LogP contribution in [0, 0.1) is 0 Å². The van der Waals surface area contributed by atoms with Crippen LogP contribution in [0.4, 0.5) is 0 Å². The summed E-state index contributed by atoms with van der Waals surface area (Å²) in [5, 5.41) is 7.95. The van der Waals surface area contributed by atoms with E-state index in [9.17, 15) is 0 Å². The molecule has 1 N–H and O–H groups in total. The van der Waals surface area contributed by atoms with Gasteiger partial charge in [-0.05, 0) is 23.1 Å². The fraction of sp³-hybridized carbons (Fsp3) is 0. The van der Waals surface area contributed by atoms with Gasteiger partial charge in [0.05, 0.1) is 10.0 Å². The molecule has 0 unspecified atom stereocenters. The molecule has 0 fully saturated rings. The van der Waals surface area contributed by atoms with Gasteiger partial charge in [-0.15, -0.1) is 0 Å². The van der Waals surface area contributed by atoms with Crippen LogP contribution in [0.2, 0.25) is 10.0 Å².